The molecule has 238 valence electrons. The molecule has 1 atom stereocenters. The summed E-state index contributed by atoms with van der Waals surface area (Å²) in [5, 5.41) is 0.839. The second kappa shape index (κ2) is 11.0. The van der Waals surface area contributed by atoms with Gasteiger partial charge in [0.05, 0.1) is 5.69 Å². The zero-order chi connectivity index (χ0) is 32.9. The number of hydrogen-bond acceptors (Lipinski definition) is 3. The van der Waals surface area contributed by atoms with Crippen molar-refractivity contribution < 1.29 is 75.0 Å². The van der Waals surface area contributed by atoms with Crippen LogP contribution in [-0.2, 0) is 4.79 Å². The first kappa shape index (κ1) is 35.4. The first-order valence-electron chi connectivity index (χ1n) is 11.1. The van der Waals surface area contributed by atoms with E-state index in [1.165, 1.54) is 12.1 Å². The molecule has 0 saturated heterocycles. The summed E-state index contributed by atoms with van der Waals surface area (Å²) >= 11 is 0.210. The highest BCUT2D eigenvalue weighted by Gasteiger charge is 2.94. The molecule has 0 aliphatic carbocycles. The van der Waals surface area contributed by atoms with Crippen molar-refractivity contribution in [3.63, 3.8) is 0 Å². The van der Waals surface area contributed by atoms with Gasteiger partial charge in [-0.15, -0.1) is 11.3 Å². The van der Waals surface area contributed by atoms with Gasteiger partial charge in [-0.2, -0.15) is 61.5 Å². The Labute approximate surface area is 228 Å². The van der Waals surface area contributed by atoms with E-state index in [4.69, 9.17) is 0 Å². The molecule has 0 saturated carbocycles. The SMILES string of the molecule is CCC(C)c1ccc(-c2csc(NC(=O)C(F)(F)C(F)(F)C(F)(F)C(F)(F)C(F)(F)C(F)(F)C(F)(F)C(F)F)n2)cc1. The molecule has 1 aromatic carbocycles. The van der Waals surface area contributed by atoms with Gasteiger partial charge in [0.25, 0.3) is 0 Å². The first-order chi connectivity index (χ1) is 18.8. The fourth-order valence-corrected chi connectivity index (χ4v) is 3.85. The van der Waals surface area contributed by atoms with E-state index in [1.54, 1.807) is 12.1 Å². The summed E-state index contributed by atoms with van der Waals surface area (Å²) in [7, 11) is 0. The number of halogens is 16. The number of benzene rings is 1. The number of anilines is 1. The smallest absolute Gasteiger partial charge is 0.296 e. The lowest BCUT2D eigenvalue weighted by Gasteiger charge is -2.42. The normalized spacial score (nSPS) is 15.2. The van der Waals surface area contributed by atoms with Gasteiger partial charge in [0.15, 0.2) is 5.13 Å². The van der Waals surface area contributed by atoms with E-state index in [1.807, 2.05) is 13.8 Å². The molecule has 1 aromatic heterocycles. The standard InChI is InChI=1S/C22H16F16N2OS/c1-3-9(2)10-4-6-11(7-5-10)12-8-42-15(39-12)40-14(41)17(27,28)19(31,32)21(35,36)22(37,38)20(33,34)18(29,30)16(25,26)13(23)24/h4-9,13H,3H2,1-2H3,(H,39,40,41). The highest BCUT2D eigenvalue weighted by molar-refractivity contribution is 7.14. The molecular formula is C22H16F16N2OS. The Bertz CT molecular complexity index is 1260. The zero-order valence-corrected chi connectivity index (χ0v) is 21.4. The Balaban J connectivity index is 2.40. The van der Waals surface area contributed by atoms with Crippen molar-refractivity contribution in [2.75, 3.05) is 5.32 Å². The predicted octanol–water partition coefficient (Wildman–Crippen LogP) is 8.97. The minimum absolute atomic E-state index is 0.111. The molecule has 1 unspecified atom stereocenters. The molecule has 0 aliphatic rings. The molecule has 20 heteroatoms. The number of carbonyl (C=O) groups excluding carboxylic acids is 1. The molecule has 0 spiro atoms. The highest BCUT2D eigenvalue weighted by atomic mass is 32.1. The van der Waals surface area contributed by atoms with E-state index in [2.05, 4.69) is 4.98 Å². The largest absolute Gasteiger partial charge is 0.393 e. The average molecular weight is 660 g/mol. The minimum atomic E-state index is -8.58. The van der Waals surface area contributed by atoms with Crippen molar-refractivity contribution >= 4 is 22.4 Å². The second-order valence-electron chi connectivity index (χ2n) is 8.79. The molecule has 1 N–H and O–H groups in total. The third-order valence-corrected chi connectivity index (χ3v) is 6.82. The second-order valence-corrected chi connectivity index (χ2v) is 9.65. The number of nitrogens with one attached hydrogen (secondary N) is 1. The minimum Gasteiger partial charge on any atom is -0.296 e. The number of carbonyl (C=O) groups is 1. The van der Waals surface area contributed by atoms with Gasteiger partial charge >= 0.3 is 53.8 Å². The summed E-state index contributed by atoms with van der Waals surface area (Å²) in [6, 6.07) is 6.16. The summed E-state index contributed by atoms with van der Waals surface area (Å²) in [6.45, 7) is 3.77. The molecule has 1 amide bonds. The molecule has 0 aliphatic heterocycles. The Morgan fingerprint density at radius 3 is 1.69 bits per heavy atom. The summed E-state index contributed by atoms with van der Waals surface area (Å²) in [5.41, 5.74) is 0.997. The fourth-order valence-electron chi connectivity index (χ4n) is 3.14. The van der Waals surface area contributed by atoms with Crippen LogP contribution >= 0.6 is 11.3 Å². The number of aromatic nitrogens is 1. The maximum atomic E-state index is 14.1. The zero-order valence-electron chi connectivity index (χ0n) is 20.6. The van der Waals surface area contributed by atoms with Crippen LogP contribution in [0.25, 0.3) is 11.3 Å². The maximum absolute atomic E-state index is 14.1. The molecule has 3 nitrogen and oxygen atoms in total. The molecule has 1 heterocycles. The predicted molar refractivity (Wildman–Crippen MR) is 116 cm³/mol. The number of rotatable bonds is 12. The van der Waals surface area contributed by atoms with E-state index >= 15 is 0 Å². The van der Waals surface area contributed by atoms with E-state index in [0.29, 0.717) is 0 Å². The molecule has 0 radical (unpaired) electrons. The lowest BCUT2D eigenvalue weighted by Crippen LogP contribution is -2.74. The third kappa shape index (κ3) is 5.27. The number of amides is 1. The summed E-state index contributed by atoms with van der Waals surface area (Å²) in [6.07, 6.45) is -5.19. The van der Waals surface area contributed by atoms with E-state index in [0.717, 1.165) is 22.7 Å². The number of hydrogen-bond donors (Lipinski definition) is 1. The highest BCUT2D eigenvalue weighted by Crippen LogP contribution is 2.62. The monoisotopic (exact) mass is 660 g/mol. The van der Waals surface area contributed by atoms with Crippen molar-refractivity contribution in [3.8, 4) is 11.3 Å². The summed E-state index contributed by atoms with van der Waals surface area (Å²) < 4.78 is 215. The third-order valence-electron chi connectivity index (χ3n) is 6.06. The quantitative estimate of drug-likeness (QED) is 0.231. The Hall–Kier alpha value is -2.80. The van der Waals surface area contributed by atoms with Crippen LogP contribution in [0.15, 0.2) is 29.6 Å². The van der Waals surface area contributed by atoms with Crippen molar-refractivity contribution in [2.45, 2.75) is 74.1 Å². The van der Waals surface area contributed by atoms with Gasteiger partial charge in [0.1, 0.15) is 0 Å². The molecule has 2 rings (SSSR count). The van der Waals surface area contributed by atoms with Gasteiger partial charge in [-0.3, -0.25) is 10.1 Å². The lowest BCUT2D eigenvalue weighted by molar-refractivity contribution is -0.443. The van der Waals surface area contributed by atoms with Crippen LogP contribution in [0.4, 0.5) is 75.4 Å². The maximum Gasteiger partial charge on any atom is 0.393 e. The average Bonchev–Trinajstić information content (AvgIpc) is 3.35. The van der Waals surface area contributed by atoms with Crippen LogP contribution < -0.4 is 5.32 Å². The van der Waals surface area contributed by atoms with E-state index in [9.17, 15) is 75.0 Å². The van der Waals surface area contributed by atoms with Crippen LogP contribution in [0, 0.1) is 0 Å². The molecular weight excluding hydrogens is 644 g/mol. The van der Waals surface area contributed by atoms with Gasteiger partial charge in [0, 0.05) is 10.9 Å². The number of nitrogens with zero attached hydrogens (tertiary/aromatic N) is 1. The van der Waals surface area contributed by atoms with E-state index < -0.39 is 58.9 Å². The summed E-state index contributed by atoms with van der Waals surface area (Å²) in [5.74, 6) is -59.9. The Morgan fingerprint density at radius 2 is 1.24 bits per heavy atom. The van der Waals surface area contributed by atoms with E-state index in [-0.39, 0.29) is 28.5 Å². The van der Waals surface area contributed by atoms with Crippen LogP contribution in [0.2, 0.25) is 0 Å². The molecule has 2 aromatic rings. The molecule has 0 bridgehead atoms. The molecule has 0 fully saturated rings. The van der Waals surface area contributed by atoms with Gasteiger partial charge < -0.3 is 0 Å². The fraction of sp³-hybridized carbons (Fsp3) is 0.545. The number of thiazole rings is 1. The number of alkyl halides is 16. The van der Waals surface area contributed by atoms with Gasteiger partial charge in [-0.1, -0.05) is 38.1 Å². The van der Waals surface area contributed by atoms with Gasteiger partial charge in [0.2, 0.25) is 0 Å². The topological polar surface area (TPSA) is 42.0 Å². The van der Waals surface area contributed by atoms with Crippen molar-refractivity contribution in [2.24, 2.45) is 0 Å². The van der Waals surface area contributed by atoms with Crippen molar-refractivity contribution in [1.82, 2.24) is 4.98 Å². The summed E-state index contributed by atoms with van der Waals surface area (Å²) in [4.78, 5) is 15.3. The van der Waals surface area contributed by atoms with Crippen molar-refractivity contribution in [3.05, 3.63) is 35.2 Å². The van der Waals surface area contributed by atoms with Crippen LogP contribution in [0.3, 0.4) is 0 Å². The van der Waals surface area contributed by atoms with Gasteiger partial charge in [-0.05, 0) is 17.9 Å². The first-order valence-corrected chi connectivity index (χ1v) is 11.9. The Kier molecular flexibility index (Phi) is 9.30. The van der Waals surface area contributed by atoms with Crippen LogP contribution in [0.1, 0.15) is 31.7 Å². The van der Waals surface area contributed by atoms with Crippen molar-refractivity contribution in [1.29, 1.82) is 0 Å². The van der Waals surface area contributed by atoms with Crippen LogP contribution in [0.5, 0.6) is 0 Å². The van der Waals surface area contributed by atoms with Gasteiger partial charge in [-0.25, -0.2) is 13.8 Å². The van der Waals surface area contributed by atoms with Crippen LogP contribution in [-0.4, -0.2) is 58.8 Å². The Morgan fingerprint density at radius 1 is 0.786 bits per heavy atom. The lowest BCUT2D eigenvalue weighted by atomic mass is 9.89. The molecule has 42 heavy (non-hydrogen) atoms.